The average Bonchev–Trinajstić information content (AvgIpc) is 3.22. The molecule has 1 aromatic heterocycles. The number of aryl methyl sites for hydroxylation is 2. The van der Waals surface area contributed by atoms with Crippen molar-refractivity contribution in [3.05, 3.63) is 93.1 Å². The molecule has 0 bridgehead atoms. The minimum absolute atomic E-state index is 0.00127. The third-order valence-electron chi connectivity index (χ3n) is 5.46. The number of fused-ring (bicyclic) bond motifs is 1. The second kappa shape index (κ2) is 9.27. The highest BCUT2D eigenvalue weighted by molar-refractivity contribution is 7.07. The van der Waals surface area contributed by atoms with E-state index in [9.17, 15) is 13.6 Å². The van der Waals surface area contributed by atoms with Gasteiger partial charge in [0.25, 0.3) is 5.91 Å². The lowest BCUT2D eigenvalue weighted by molar-refractivity contribution is -0.118. The van der Waals surface area contributed by atoms with Crippen LogP contribution in [0.2, 0.25) is 0 Å². The molecule has 0 saturated heterocycles. The Morgan fingerprint density at radius 1 is 1.09 bits per heavy atom. The van der Waals surface area contributed by atoms with Gasteiger partial charge in [-0.3, -0.25) is 4.79 Å². The van der Waals surface area contributed by atoms with E-state index in [-0.39, 0.29) is 18.2 Å². The zero-order valence-corrected chi connectivity index (χ0v) is 19.7. The number of amides is 1. The molecule has 5 rings (SSSR count). The van der Waals surface area contributed by atoms with Crippen molar-refractivity contribution >= 4 is 34.8 Å². The van der Waals surface area contributed by atoms with Crippen molar-refractivity contribution < 1.29 is 18.3 Å². The summed E-state index contributed by atoms with van der Waals surface area (Å²) in [6.45, 7) is 3.99. The van der Waals surface area contributed by atoms with E-state index >= 15 is 0 Å². The number of benzene rings is 3. The second-order valence-electron chi connectivity index (χ2n) is 8.08. The lowest BCUT2D eigenvalue weighted by Crippen LogP contribution is -2.25. The van der Waals surface area contributed by atoms with E-state index in [1.54, 1.807) is 23.0 Å². The molecule has 0 aliphatic carbocycles. The Hall–Kier alpha value is -4.11. The molecule has 3 aromatic carbocycles. The van der Waals surface area contributed by atoms with Gasteiger partial charge in [-0.1, -0.05) is 23.8 Å². The predicted octanol–water partition coefficient (Wildman–Crippen LogP) is 5.56. The average molecular weight is 491 g/mol. The molecule has 6 nitrogen and oxygen atoms in total. The van der Waals surface area contributed by atoms with Crippen LogP contribution in [0.15, 0.2) is 70.1 Å². The number of rotatable bonds is 4. The van der Waals surface area contributed by atoms with E-state index in [0.717, 1.165) is 34.4 Å². The zero-order valence-electron chi connectivity index (χ0n) is 18.9. The van der Waals surface area contributed by atoms with E-state index in [0.29, 0.717) is 21.9 Å². The Morgan fingerprint density at radius 2 is 1.94 bits per heavy atom. The topological polar surface area (TPSA) is 68.0 Å². The van der Waals surface area contributed by atoms with E-state index in [1.165, 1.54) is 17.4 Å². The van der Waals surface area contributed by atoms with Crippen molar-refractivity contribution in [3.63, 3.8) is 0 Å². The van der Waals surface area contributed by atoms with Gasteiger partial charge in [-0.25, -0.2) is 18.4 Å². The zero-order chi connectivity index (χ0) is 24.5. The summed E-state index contributed by atoms with van der Waals surface area (Å²) in [7, 11) is 0. The number of carbonyl (C=O) groups is 1. The molecule has 176 valence electrons. The normalized spacial score (nSPS) is 13.6. The van der Waals surface area contributed by atoms with Crippen LogP contribution in [-0.4, -0.2) is 23.4 Å². The first kappa shape index (κ1) is 22.7. The lowest BCUT2D eigenvalue weighted by atomic mass is 10.1. The number of aromatic nitrogens is 1. The summed E-state index contributed by atoms with van der Waals surface area (Å²) in [5.41, 5.74) is 5.11. The summed E-state index contributed by atoms with van der Waals surface area (Å²) < 4.78 is 34.8. The smallest absolute Gasteiger partial charge is 0.262 e. The summed E-state index contributed by atoms with van der Waals surface area (Å²) in [6, 6.07) is 14.7. The molecule has 4 aromatic rings. The standard InChI is InChI=1S/C26H20F2N4O2S/c1-15-3-4-18(16(2)9-15)12-29-32-23(17-5-8-24-22(10-17)30-25(33)13-34-24)14-35-26(32)31-21-7-6-19(27)11-20(21)28/h3-12,14H,13H2,1-2H3,(H,30,33). The largest absolute Gasteiger partial charge is 0.482 e. The molecular formula is C26H20F2N4O2S. The number of thiazole rings is 1. The lowest BCUT2D eigenvalue weighted by Gasteiger charge is -2.18. The molecule has 0 unspecified atom stereocenters. The minimum atomic E-state index is -0.765. The number of ether oxygens (including phenoxy) is 1. The molecule has 0 saturated carbocycles. The Kier molecular flexibility index (Phi) is 6.00. The molecule has 0 atom stereocenters. The van der Waals surface area contributed by atoms with E-state index in [2.05, 4.69) is 21.5 Å². The van der Waals surface area contributed by atoms with Crippen molar-refractivity contribution in [2.45, 2.75) is 13.8 Å². The first-order valence-corrected chi connectivity index (χ1v) is 11.6. The third-order valence-corrected chi connectivity index (χ3v) is 6.27. The van der Waals surface area contributed by atoms with Crippen molar-refractivity contribution in [3.8, 4) is 17.0 Å². The number of hydrogen-bond acceptors (Lipinski definition) is 5. The van der Waals surface area contributed by atoms with Crippen molar-refractivity contribution in [2.24, 2.45) is 10.1 Å². The highest BCUT2D eigenvalue weighted by Crippen LogP contribution is 2.33. The fraction of sp³-hybridized carbons (Fsp3) is 0.115. The van der Waals surface area contributed by atoms with Crippen molar-refractivity contribution in [1.82, 2.24) is 4.68 Å². The predicted molar refractivity (Wildman–Crippen MR) is 132 cm³/mol. The molecule has 1 aliphatic rings. The number of nitrogens with one attached hydrogen (secondary N) is 1. The summed E-state index contributed by atoms with van der Waals surface area (Å²) in [5.74, 6) is -1.10. The van der Waals surface area contributed by atoms with Crippen LogP contribution in [0.25, 0.3) is 11.3 Å². The number of anilines is 1. The molecule has 9 heteroatoms. The monoisotopic (exact) mass is 490 g/mol. The Labute approximate surface area is 203 Å². The van der Waals surface area contributed by atoms with Crippen LogP contribution in [0.5, 0.6) is 5.75 Å². The summed E-state index contributed by atoms with van der Waals surface area (Å²) in [4.78, 5) is 16.6. The van der Waals surface area contributed by atoms with Gasteiger partial charge in [0.2, 0.25) is 4.80 Å². The van der Waals surface area contributed by atoms with Gasteiger partial charge in [0, 0.05) is 17.0 Å². The number of carbonyl (C=O) groups excluding carboxylic acids is 1. The SMILES string of the molecule is Cc1ccc(C=Nn2c(-c3ccc4c(c3)NC(=O)CO4)csc2=Nc2ccc(F)cc2F)c(C)c1. The molecular weight excluding hydrogens is 470 g/mol. The quantitative estimate of drug-likeness (QED) is 0.381. The van der Waals surface area contributed by atoms with Gasteiger partial charge in [0.15, 0.2) is 12.4 Å². The van der Waals surface area contributed by atoms with Crippen LogP contribution in [0.3, 0.4) is 0 Å². The maximum Gasteiger partial charge on any atom is 0.262 e. The molecule has 2 heterocycles. The molecule has 1 amide bonds. The van der Waals surface area contributed by atoms with Gasteiger partial charge < -0.3 is 10.1 Å². The maximum absolute atomic E-state index is 14.3. The van der Waals surface area contributed by atoms with Crippen LogP contribution >= 0.6 is 11.3 Å². The molecule has 1 N–H and O–H groups in total. The van der Waals surface area contributed by atoms with Gasteiger partial charge in [0.05, 0.1) is 17.6 Å². The fourth-order valence-electron chi connectivity index (χ4n) is 3.69. The molecule has 0 spiro atoms. The van der Waals surface area contributed by atoms with E-state index < -0.39 is 11.6 Å². The van der Waals surface area contributed by atoms with Crippen LogP contribution in [0.1, 0.15) is 16.7 Å². The van der Waals surface area contributed by atoms with Crippen LogP contribution in [0, 0.1) is 25.5 Å². The number of halogens is 2. The first-order valence-electron chi connectivity index (χ1n) is 10.8. The van der Waals surface area contributed by atoms with Crippen molar-refractivity contribution in [1.29, 1.82) is 0 Å². The van der Waals surface area contributed by atoms with Gasteiger partial charge in [-0.2, -0.15) is 5.10 Å². The minimum Gasteiger partial charge on any atom is -0.482 e. The van der Waals surface area contributed by atoms with Crippen LogP contribution < -0.4 is 14.9 Å². The fourth-order valence-corrected chi connectivity index (χ4v) is 4.54. The van der Waals surface area contributed by atoms with Crippen LogP contribution in [0.4, 0.5) is 20.2 Å². The summed E-state index contributed by atoms with van der Waals surface area (Å²) in [6.07, 6.45) is 1.72. The number of hydrogen-bond donors (Lipinski definition) is 1. The maximum atomic E-state index is 14.3. The Balaban J connectivity index is 1.65. The van der Waals surface area contributed by atoms with E-state index in [1.807, 2.05) is 37.4 Å². The molecule has 1 aliphatic heterocycles. The third kappa shape index (κ3) is 4.76. The highest BCUT2D eigenvalue weighted by Gasteiger charge is 2.18. The number of nitrogens with zero attached hydrogens (tertiary/aromatic N) is 3. The second-order valence-corrected chi connectivity index (χ2v) is 8.91. The molecule has 35 heavy (non-hydrogen) atoms. The Morgan fingerprint density at radius 3 is 2.74 bits per heavy atom. The van der Waals surface area contributed by atoms with Gasteiger partial charge in [-0.15, -0.1) is 11.3 Å². The van der Waals surface area contributed by atoms with Gasteiger partial charge >= 0.3 is 0 Å². The molecule has 0 fully saturated rings. The summed E-state index contributed by atoms with van der Waals surface area (Å²) in [5, 5.41) is 9.31. The van der Waals surface area contributed by atoms with Crippen molar-refractivity contribution in [2.75, 3.05) is 11.9 Å². The van der Waals surface area contributed by atoms with Crippen LogP contribution in [-0.2, 0) is 4.79 Å². The van der Waals surface area contributed by atoms with E-state index in [4.69, 9.17) is 4.74 Å². The van der Waals surface area contributed by atoms with Gasteiger partial charge in [-0.05, 0) is 55.3 Å². The molecule has 0 radical (unpaired) electrons. The van der Waals surface area contributed by atoms with Gasteiger partial charge in [0.1, 0.15) is 17.3 Å². The Bertz CT molecular complexity index is 1560. The highest BCUT2D eigenvalue weighted by atomic mass is 32.1. The summed E-state index contributed by atoms with van der Waals surface area (Å²) >= 11 is 1.26. The first-order chi connectivity index (χ1) is 16.9.